The largest absolute Gasteiger partial charge is 0.490 e. The number of nitro groups is 1. The van der Waals surface area contributed by atoms with Crippen molar-refractivity contribution in [1.29, 1.82) is 0 Å². The first-order valence-electron chi connectivity index (χ1n) is 5.34. The molecule has 0 saturated heterocycles. The summed E-state index contributed by atoms with van der Waals surface area (Å²) >= 11 is 0. The van der Waals surface area contributed by atoms with Crippen LogP contribution in [0.5, 0.6) is 11.5 Å². The average Bonchev–Trinajstić information content (AvgIpc) is 2.36. The molecule has 1 aromatic carbocycles. The number of hydrogen-bond acceptors (Lipinski definition) is 6. The quantitative estimate of drug-likeness (QED) is 0.647. The molecule has 18 heavy (non-hydrogen) atoms. The molecule has 7 heteroatoms. The third-order valence-corrected chi connectivity index (χ3v) is 2.71. The van der Waals surface area contributed by atoms with Gasteiger partial charge in [-0.05, 0) is 13.0 Å². The molecule has 1 aliphatic rings. The number of benzene rings is 1. The number of ether oxygens (including phenoxy) is 3. The van der Waals surface area contributed by atoms with Crippen molar-refractivity contribution in [1.82, 2.24) is 0 Å². The van der Waals surface area contributed by atoms with Crippen molar-refractivity contribution in [2.45, 2.75) is 26.4 Å². The van der Waals surface area contributed by atoms with Gasteiger partial charge in [-0.25, -0.2) is 0 Å². The fourth-order valence-electron chi connectivity index (χ4n) is 1.90. The van der Waals surface area contributed by atoms with Crippen LogP contribution in [0.15, 0.2) is 6.07 Å². The monoisotopic (exact) mass is 255 g/mol. The third kappa shape index (κ3) is 1.98. The lowest BCUT2D eigenvalue weighted by Crippen LogP contribution is -2.24. The van der Waals surface area contributed by atoms with E-state index in [0.29, 0.717) is 16.9 Å². The van der Waals surface area contributed by atoms with E-state index >= 15 is 0 Å². The molecule has 1 heterocycles. The fourth-order valence-corrected chi connectivity index (χ4v) is 1.90. The molecule has 0 fully saturated rings. The number of hydrogen-bond donors (Lipinski definition) is 1. The Balaban J connectivity index is 2.67. The fraction of sp³-hybridized carbons (Fsp3) is 0.455. The second kappa shape index (κ2) is 4.79. The maximum absolute atomic E-state index is 11.1. The zero-order chi connectivity index (χ0) is 13.3. The Morgan fingerprint density at radius 2 is 2.39 bits per heavy atom. The molecule has 0 amide bonds. The minimum atomic E-state index is -0.540. The average molecular weight is 255 g/mol. The summed E-state index contributed by atoms with van der Waals surface area (Å²) in [5.41, 5.74) is 0.556. The maximum Gasteiger partial charge on any atom is 0.320 e. The topological polar surface area (TPSA) is 91.1 Å². The molecule has 1 unspecified atom stereocenters. The predicted octanol–water partition coefficient (Wildman–Crippen LogP) is 1.35. The Hall–Kier alpha value is -1.86. The Labute approximate surface area is 103 Å². The van der Waals surface area contributed by atoms with Crippen LogP contribution in [-0.2, 0) is 18.0 Å². The van der Waals surface area contributed by atoms with Gasteiger partial charge < -0.3 is 19.3 Å². The van der Waals surface area contributed by atoms with Crippen molar-refractivity contribution in [3.05, 3.63) is 27.3 Å². The van der Waals surface area contributed by atoms with Crippen molar-refractivity contribution >= 4 is 5.69 Å². The van der Waals surface area contributed by atoms with E-state index in [-0.39, 0.29) is 24.7 Å². The molecule has 1 aromatic rings. The summed E-state index contributed by atoms with van der Waals surface area (Å²) in [5.74, 6) is 0.397. The van der Waals surface area contributed by atoms with E-state index in [9.17, 15) is 15.2 Å². The molecule has 1 N–H and O–H groups in total. The number of rotatable bonds is 3. The van der Waals surface area contributed by atoms with Gasteiger partial charge in [0.05, 0.1) is 25.2 Å². The summed E-state index contributed by atoms with van der Waals surface area (Å²) in [7, 11) is 1.34. The molecule has 0 saturated carbocycles. The summed E-state index contributed by atoms with van der Waals surface area (Å²) in [5, 5.41) is 20.4. The second-order valence-corrected chi connectivity index (χ2v) is 3.81. The minimum absolute atomic E-state index is 0.0526. The van der Waals surface area contributed by atoms with Crippen LogP contribution in [-0.4, -0.2) is 23.4 Å². The van der Waals surface area contributed by atoms with Gasteiger partial charge in [-0.1, -0.05) is 0 Å². The summed E-state index contributed by atoms with van der Waals surface area (Å²) in [6.45, 7) is 1.45. The summed E-state index contributed by atoms with van der Waals surface area (Å²) in [4.78, 5) is 10.5. The zero-order valence-electron chi connectivity index (χ0n) is 10.0. The van der Waals surface area contributed by atoms with Crippen molar-refractivity contribution in [3.8, 4) is 11.5 Å². The number of nitrogens with zero attached hydrogens (tertiary/aromatic N) is 1. The van der Waals surface area contributed by atoms with E-state index in [4.69, 9.17) is 14.2 Å². The van der Waals surface area contributed by atoms with Crippen LogP contribution in [0, 0.1) is 10.1 Å². The molecule has 7 nitrogen and oxygen atoms in total. The van der Waals surface area contributed by atoms with Gasteiger partial charge in [0, 0.05) is 5.56 Å². The molecule has 0 spiro atoms. The molecule has 0 aromatic heterocycles. The number of nitro benzene ring substituents is 1. The van der Waals surface area contributed by atoms with Crippen molar-refractivity contribution < 1.29 is 24.2 Å². The number of methoxy groups -OCH3 is 1. The van der Waals surface area contributed by atoms with Gasteiger partial charge in [-0.2, -0.15) is 0 Å². The van der Waals surface area contributed by atoms with E-state index in [1.165, 1.54) is 13.2 Å². The van der Waals surface area contributed by atoms with Gasteiger partial charge in [0.15, 0.2) is 12.0 Å². The van der Waals surface area contributed by atoms with E-state index in [0.717, 1.165) is 0 Å². The smallest absolute Gasteiger partial charge is 0.320 e. The summed E-state index contributed by atoms with van der Waals surface area (Å²) in [6.07, 6.45) is -0.504. The highest BCUT2D eigenvalue weighted by atomic mass is 16.7. The normalized spacial score (nSPS) is 17.8. The standard InChI is InChI=1S/C11H13NO6/c1-6-17-5-8-10(12(14)15)9(16-2)3-7(4-13)11(8)18-6/h3,6,13H,4-5H2,1-2H3. The first-order chi connectivity index (χ1) is 8.58. The van der Waals surface area contributed by atoms with E-state index in [1.807, 2.05) is 0 Å². The molecule has 98 valence electrons. The summed E-state index contributed by atoms with van der Waals surface area (Å²) < 4.78 is 15.6. The first-order valence-corrected chi connectivity index (χ1v) is 5.34. The van der Waals surface area contributed by atoms with Crippen LogP contribution >= 0.6 is 0 Å². The number of fused-ring (bicyclic) bond motifs is 1. The van der Waals surface area contributed by atoms with E-state index < -0.39 is 11.2 Å². The highest BCUT2D eigenvalue weighted by Gasteiger charge is 2.32. The lowest BCUT2D eigenvalue weighted by molar-refractivity contribution is -0.387. The van der Waals surface area contributed by atoms with Gasteiger partial charge in [0.2, 0.25) is 0 Å². The van der Waals surface area contributed by atoms with Crippen LogP contribution in [0.2, 0.25) is 0 Å². The Kier molecular flexibility index (Phi) is 3.35. The maximum atomic E-state index is 11.1. The molecule has 0 radical (unpaired) electrons. The van der Waals surface area contributed by atoms with Gasteiger partial charge in [0.25, 0.3) is 0 Å². The lowest BCUT2D eigenvalue weighted by atomic mass is 10.1. The highest BCUT2D eigenvalue weighted by Crippen LogP contribution is 2.42. The van der Waals surface area contributed by atoms with E-state index in [1.54, 1.807) is 6.92 Å². The second-order valence-electron chi connectivity index (χ2n) is 3.81. The lowest BCUT2D eigenvalue weighted by Gasteiger charge is -2.25. The van der Waals surface area contributed by atoms with Crippen LogP contribution in [0.25, 0.3) is 0 Å². The Bertz CT molecular complexity index is 487. The Morgan fingerprint density at radius 3 is 2.94 bits per heavy atom. The van der Waals surface area contributed by atoms with Gasteiger partial charge in [0.1, 0.15) is 11.3 Å². The Morgan fingerprint density at radius 1 is 1.67 bits per heavy atom. The van der Waals surface area contributed by atoms with Crippen LogP contribution in [0.1, 0.15) is 18.1 Å². The van der Waals surface area contributed by atoms with Crippen LogP contribution in [0.3, 0.4) is 0 Å². The minimum Gasteiger partial charge on any atom is -0.490 e. The van der Waals surface area contributed by atoms with Crippen LogP contribution in [0.4, 0.5) is 5.69 Å². The molecule has 0 aliphatic carbocycles. The molecular formula is C11H13NO6. The van der Waals surface area contributed by atoms with Crippen molar-refractivity contribution in [3.63, 3.8) is 0 Å². The van der Waals surface area contributed by atoms with Crippen molar-refractivity contribution in [2.24, 2.45) is 0 Å². The SMILES string of the molecule is COc1cc(CO)c2c(c1[N+](=O)[O-])COC(C)O2. The molecule has 1 atom stereocenters. The van der Waals surface area contributed by atoms with Gasteiger partial charge in [-0.15, -0.1) is 0 Å². The number of aliphatic hydroxyl groups excluding tert-OH is 1. The summed E-state index contributed by atoms with van der Waals surface area (Å²) in [6, 6.07) is 1.41. The zero-order valence-corrected chi connectivity index (χ0v) is 10.0. The van der Waals surface area contributed by atoms with E-state index in [2.05, 4.69) is 0 Å². The van der Waals surface area contributed by atoms with Crippen molar-refractivity contribution in [2.75, 3.05) is 7.11 Å². The van der Waals surface area contributed by atoms with Crippen LogP contribution < -0.4 is 9.47 Å². The first kappa shape index (κ1) is 12.6. The van der Waals surface area contributed by atoms with Gasteiger partial charge in [-0.3, -0.25) is 10.1 Å². The molecule has 0 bridgehead atoms. The van der Waals surface area contributed by atoms with Gasteiger partial charge >= 0.3 is 5.69 Å². The highest BCUT2D eigenvalue weighted by molar-refractivity contribution is 5.62. The third-order valence-electron chi connectivity index (χ3n) is 2.71. The molecule has 1 aliphatic heterocycles. The predicted molar refractivity (Wildman–Crippen MR) is 60.5 cm³/mol. The number of aliphatic hydroxyl groups is 1. The molecule has 2 rings (SSSR count). The molecular weight excluding hydrogens is 242 g/mol.